The van der Waals surface area contributed by atoms with Crippen LogP contribution in [0, 0.1) is 0 Å². The quantitative estimate of drug-likeness (QED) is 0.786. The molecule has 6 heteroatoms. The largest absolute Gasteiger partial charge is 0.344 e. The van der Waals surface area contributed by atoms with Crippen molar-refractivity contribution < 1.29 is 0 Å². The number of nitrogens with zero attached hydrogens (tertiary/aromatic N) is 4. The van der Waals surface area contributed by atoms with Crippen LogP contribution in [0.3, 0.4) is 0 Å². The predicted octanol–water partition coefficient (Wildman–Crippen LogP) is 0.426. The van der Waals surface area contributed by atoms with E-state index in [1.807, 2.05) is 0 Å². The second-order valence-corrected chi connectivity index (χ2v) is 4.60. The summed E-state index contributed by atoms with van der Waals surface area (Å²) < 4.78 is 1.80. The Hall–Kier alpha value is -1.69. The number of nitrogens with two attached hydrogens (primary N) is 1. The maximum Gasteiger partial charge on any atom is 0.137 e. The van der Waals surface area contributed by atoms with E-state index in [-0.39, 0.29) is 12.1 Å². The molecular formula is C11H16N6. The molecule has 17 heavy (non-hydrogen) atoms. The molecule has 1 aliphatic rings. The average Bonchev–Trinajstić information content (AvgIpc) is 2.96. The fourth-order valence-corrected chi connectivity index (χ4v) is 2.27. The number of H-pyrrole nitrogens is 1. The van der Waals surface area contributed by atoms with E-state index in [1.54, 1.807) is 11.0 Å². The minimum Gasteiger partial charge on any atom is -0.344 e. The molecular weight excluding hydrogens is 216 g/mol. The van der Waals surface area contributed by atoms with Gasteiger partial charge in [-0.15, -0.1) is 0 Å². The van der Waals surface area contributed by atoms with Gasteiger partial charge in [-0.2, -0.15) is 5.10 Å². The first-order chi connectivity index (χ1) is 8.24. The molecule has 0 saturated heterocycles. The van der Waals surface area contributed by atoms with Crippen LogP contribution in [0.25, 0.3) is 0 Å². The van der Waals surface area contributed by atoms with Gasteiger partial charge in [0.05, 0.1) is 5.69 Å². The minimum absolute atomic E-state index is 0.0827. The van der Waals surface area contributed by atoms with Crippen LogP contribution >= 0.6 is 0 Å². The van der Waals surface area contributed by atoms with Crippen molar-refractivity contribution in [1.29, 1.82) is 0 Å². The molecule has 2 heterocycles. The summed E-state index contributed by atoms with van der Waals surface area (Å²) in [5, 5.41) is 4.13. The van der Waals surface area contributed by atoms with Crippen molar-refractivity contribution >= 4 is 0 Å². The average molecular weight is 232 g/mol. The Balaban J connectivity index is 1.90. The summed E-state index contributed by atoms with van der Waals surface area (Å²) in [4.78, 5) is 12.0. The fourth-order valence-electron chi connectivity index (χ4n) is 2.27. The van der Waals surface area contributed by atoms with Crippen LogP contribution in [-0.2, 0) is 12.8 Å². The third-order valence-corrected chi connectivity index (χ3v) is 3.33. The lowest BCUT2D eigenvalue weighted by atomic mass is 9.97. The number of nitrogens with one attached hydrogen (secondary N) is 1. The highest BCUT2D eigenvalue weighted by Crippen LogP contribution is 2.22. The number of hydrogen-bond donors (Lipinski definition) is 2. The molecule has 0 bridgehead atoms. The van der Waals surface area contributed by atoms with Crippen LogP contribution in [0.2, 0.25) is 0 Å². The summed E-state index contributed by atoms with van der Waals surface area (Å²) in [5.41, 5.74) is 8.30. The number of rotatable bonds is 2. The number of fused-ring (bicyclic) bond motifs is 1. The molecule has 0 aliphatic heterocycles. The van der Waals surface area contributed by atoms with Crippen LogP contribution in [0.15, 0.2) is 12.7 Å². The normalized spacial score (nSPS) is 21.2. The number of aryl methyl sites for hydroxylation is 1. The van der Waals surface area contributed by atoms with Gasteiger partial charge in [0.15, 0.2) is 0 Å². The first-order valence-electron chi connectivity index (χ1n) is 5.91. The van der Waals surface area contributed by atoms with E-state index < -0.39 is 0 Å². The molecule has 2 aromatic heterocycles. The van der Waals surface area contributed by atoms with Gasteiger partial charge < -0.3 is 10.7 Å². The standard InChI is InChI=1S/C11H16N6/c1-7(17-6-13-5-14-17)11-15-9-3-2-8(12)4-10(9)16-11/h5-8H,2-4,12H2,1H3,(H,15,16). The van der Waals surface area contributed by atoms with Crippen molar-refractivity contribution in [2.75, 3.05) is 0 Å². The third kappa shape index (κ3) is 1.84. The van der Waals surface area contributed by atoms with E-state index in [2.05, 4.69) is 27.0 Å². The van der Waals surface area contributed by atoms with Gasteiger partial charge in [-0.1, -0.05) is 0 Å². The topological polar surface area (TPSA) is 85.4 Å². The van der Waals surface area contributed by atoms with Crippen molar-refractivity contribution in [2.24, 2.45) is 5.73 Å². The zero-order valence-electron chi connectivity index (χ0n) is 9.80. The monoisotopic (exact) mass is 232 g/mol. The molecule has 0 radical (unpaired) electrons. The molecule has 2 unspecified atom stereocenters. The van der Waals surface area contributed by atoms with E-state index in [9.17, 15) is 0 Å². The number of aromatic amines is 1. The molecule has 6 nitrogen and oxygen atoms in total. The van der Waals surface area contributed by atoms with Crippen LogP contribution in [0.5, 0.6) is 0 Å². The summed E-state index contributed by atoms with van der Waals surface area (Å²) in [6.07, 6.45) is 6.13. The van der Waals surface area contributed by atoms with Gasteiger partial charge >= 0.3 is 0 Å². The first-order valence-corrected chi connectivity index (χ1v) is 5.91. The predicted molar refractivity (Wildman–Crippen MR) is 62.4 cm³/mol. The molecule has 2 aromatic rings. The van der Waals surface area contributed by atoms with E-state index >= 15 is 0 Å². The smallest absolute Gasteiger partial charge is 0.137 e. The van der Waals surface area contributed by atoms with Gasteiger partial charge in [-0.05, 0) is 19.8 Å². The summed E-state index contributed by atoms with van der Waals surface area (Å²) in [6.45, 7) is 2.05. The Labute approximate surface area is 99.3 Å². The Bertz CT molecular complexity index is 500. The van der Waals surface area contributed by atoms with Crippen LogP contribution < -0.4 is 5.73 Å². The van der Waals surface area contributed by atoms with Crippen molar-refractivity contribution in [2.45, 2.75) is 38.3 Å². The maximum absolute atomic E-state index is 5.95. The van der Waals surface area contributed by atoms with Gasteiger partial charge in [0.1, 0.15) is 24.5 Å². The third-order valence-electron chi connectivity index (χ3n) is 3.33. The van der Waals surface area contributed by atoms with Crippen molar-refractivity contribution in [3.63, 3.8) is 0 Å². The Morgan fingerprint density at radius 1 is 1.59 bits per heavy atom. The molecule has 1 aliphatic carbocycles. The molecule has 2 atom stereocenters. The Kier molecular flexibility index (Phi) is 2.44. The summed E-state index contributed by atoms with van der Waals surface area (Å²) in [7, 11) is 0. The van der Waals surface area contributed by atoms with Crippen molar-refractivity contribution in [3.8, 4) is 0 Å². The van der Waals surface area contributed by atoms with Crippen LogP contribution in [0.4, 0.5) is 0 Å². The van der Waals surface area contributed by atoms with Crippen molar-refractivity contribution in [3.05, 3.63) is 29.9 Å². The van der Waals surface area contributed by atoms with Crippen molar-refractivity contribution in [1.82, 2.24) is 24.7 Å². The van der Waals surface area contributed by atoms with E-state index in [1.165, 1.54) is 12.0 Å². The summed E-state index contributed by atoms with van der Waals surface area (Å²) in [6, 6.07) is 0.344. The molecule has 0 aromatic carbocycles. The number of aromatic nitrogens is 5. The Morgan fingerprint density at radius 2 is 2.47 bits per heavy atom. The highest BCUT2D eigenvalue weighted by atomic mass is 15.3. The lowest BCUT2D eigenvalue weighted by Crippen LogP contribution is -2.27. The lowest BCUT2D eigenvalue weighted by molar-refractivity contribution is 0.538. The number of imidazole rings is 1. The highest BCUT2D eigenvalue weighted by Gasteiger charge is 2.22. The van der Waals surface area contributed by atoms with Gasteiger partial charge in [0.2, 0.25) is 0 Å². The Morgan fingerprint density at radius 3 is 3.24 bits per heavy atom. The first kappa shape index (κ1) is 10.5. The van der Waals surface area contributed by atoms with Gasteiger partial charge in [-0.25, -0.2) is 14.6 Å². The summed E-state index contributed by atoms with van der Waals surface area (Å²) >= 11 is 0. The molecule has 90 valence electrons. The zero-order chi connectivity index (χ0) is 11.8. The SMILES string of the molecule is CC(c1nc2c([nH]1)CC(N)CC2)n1cncn1. The number of hydrogen-bond acceptors (Lipinski definition) is 4. The van der Waals surface area contributed by atoms with E-state index in [4.69, 9.17) is 5.73 Å². The summed E-state index contributed by atoms with van der Waals surface area (Å²) in [5.74, 6) is 0.939. The highest BCUT2D eigenvalue weighted by molar-refractivity contribution is 5.20. The van der Waals surface area contributed by atoms with E-state index in [0.29, 0.717) is 0 Å². The second-order valence-electron chi connectivity index (χ2n) is 4.60. The van der Waals surface area contributed by atoms with Gasteiger partial charge in [0.25, 0.3) is 0 Å². The van der Waals surface area contributed by atoms with E-state index in [0.717, 1.165) is 30.8 Å². The molecule has 0 spiro atoms. The van der Waals surface area contributed by atoms with Gasteiger partial charge in [0, 0.05) is 18.2 Å². The zero-order valence-corrected chi connectivity index (χ0v) is 9.80. The molecule has 3 rings (SSSR count). The van der Waals surface area contributed by atoms with Crippen LogP contribution in [0.1, 0.15) is 36.6 Å². The second kappa shape index (κ2) is 3.96. The molecule has 0 fully saturated rings. The molecule has 0 amide bonds. The molecule has 0 saturated carbocycles. The minimum atomic E-state index is 0.0827. The lowest BCUT2D eigenvalue weighted by Gasteiger charge is -2.16. The van der Waals surface area contributed by atoms with Gasteiger partial charge in [-0.3, -0.25) is 0 Å². The maximum atomic E-state index is 5.95. The fraction of sp³-hybridized carbons (Fsp3) is 0.545. The molecule has 3 N–H and O–H groups in total. The van der Waals surface area contributed by atoms with Crippen LogP contribution in [-0.4, -0.2) is 30.8 Å².